The molecule has 2 fully saturated rings. The van der Waals surface area contributed by atoms with Crippen molar-refractivity contribution in [1.82, 2.24) is 0 Å². The Balaban J connectivity index is 1.48. The topological polar surface area (TPSA) is 81.0 Å². The van der Waals surface area contributed by atoms with Crippen LogP contribution in [0, 0.1) is 35.8 Å². The van der Waals surface area contributed by atoms with Gasteiger partial charge >= 0.3 is 11.7 Å². The fourth-order valence-corrected chi connectivity index (χ4v) is 11.6. The summed E-state index contributed by atoms with van der Waals surface area (Å²) in [5.74, 6) is -0.231. The molecule has 9 heteroatoms. The van der Waals surface area contributed by atoms with E-state index in [2.05, 4.69) is 31.8 Å². The predicted molar refractivity (Wildman–Crippen MR) is 157 cm³/mol. The SMILES string of the molecule is [C-]#[N+]/C(C#N)=N\c1cc2c(s1)-c1sc3c(c1C21CCCCC1)C1(CCCCC1)c1cc(/N=C(\C#N)[N+]#[C-])sc1-3. The highest BCUT2D eigenvalue weighted by Gasteiger charge is 2.56. The molecule has 6 nitrogen and oxygen atoms in total. The largest absolute Gasteiger partial charge is 0.351 e. The first kappa shape index (κ1) is 24.4. The van der Waals surface area contributed by atoms with Crippen LogP contribution in [0.5, 0.6) is 0 Å². The lowest BCUT2D eigenvalue weighted by Crippen LogP contribution is -2.34. The monoisotopic (exact) mass is 562 g/mol. The number of nitrogens with zero attached hydrogens (tertiary/aromatic N) is 6. The quantitative estimate of drug-likeness (QED) is 0.177. The number of aliphatic imine (C=N–C) groups is 2. The molecule has 3 heterocycles. The van der Waals surface area contributed by atoms with Gasteiger partial charge in [0.05, 0.1) is 9.75 Å². The van der Waals surface area contributed by atoms with E-state index in [1.807, 2.05) is 23.5 Å². The van der Waals surface area contributed by atoms with Crippen LogP contribution in [0.25, 0.3) is 29.2 Å². The molecule has 3 aromatic heterocycles. The molecule has 39 heavy (non-hydrogen) atoms. The Bertz CT molecular complexity index is 1610. The standard InChI is InChI=1S/C30H22N6S3/c1-33-19(15-31)35-21-13-17-25(37-21)27-23(29(17)9-5-3-6-10-29)24-28(39-27)26-18(30(24)11-7-4-8-12-30)14-22(38-26)36-20(16-32)34-2/h13-14H,3-12H2/b35-19-,36-20+. The van der Waals surface area contributed by atoms with Crippen molar-refractivity contribution >= 4 is 55.7 Å². The van der Waals surface area contributed by atoms with Gasteiger partial charge in [0.15, 0.2) is 0 Å². The number of amidine groups is 2. The van der Waals surface area contributed by atoms with Crippen LogP contribution in [0.3, 0.4) is 0 Å². The highest BCUT2D eigenvalue weighted by atomic mass is 32.1. The number of hydrogen-bond donors (Lipinski definition) is 0. The zero-order valence-corrected chi connectivity index (χ0v) is 23.6. The van der Waals surface area contributed by atoms with Gasteiger partial charge in [-0.25, -0.2) is 10.5 Å². The van der Waals surface area contributed by atoms with E-state index < -0.39 is 0 Å². The summed E-state index contributed by atoms with van der Waals surface area (Å²) in [6.07, 6.45) is 11.8. The molecule has 0 amide bonds. The summed E-state index contributed by atoms with van der Waals surface area (Å²) in [7, 11) is 0. The second-order valence-corrected chi connectivity index (χ2v) is 13.9. The van der Waals surface area contributed by atoms with E-state index >= 15 is 0 Å². The maximum atomic E-state index is 9.31. The molecule has 4 aliphatic rings. The average molecular weight is 563 g/mol. The predicted octanol–water partition coefficient (Wildman–Crippen LogP) is 9.28. The van der Waals surface area contributed by atoms with Crippen molar-refractivity contribution in [2.24, 2.45) is 9.98 Å². The average Bonchev–Trinajstić information content (AvgIpc) is 3.76. The molecule has 4 aliphatic carbocycles. The first-order valence-corrected chi connectivity index (χ1v) is 15.7. The van der Waals surface area contributed by atoms with Crippen LogP contribution in [0.15, 0.2) is 22.1 Å². The molecule has 0 aromatic carbocycles. The van der Waals surface area contributed by atoms with Crippen molar-refractivity contribution in [3.63, 3.8) is 0 Å². The molecule has 0 radical (unpaired) electrons. The summed E-state index contributed by atoms with van der Waals surface area (Å²) in [5.41, 5.74) is 5.77. The van der Waals surface area contributed by atoms with Crippen molar-refractivity contribution in [2.45, 2.75) is 75.0 Å². The van der Waals surface area contributed by atoms with Gasteiger partial charge in [0, 0.05) is 32.7 Å². The number of hydrogen-bond acceptors (Lipinski definition) is 7. The zero-order chi connectivity index (χ0) is 26.8. The summed E-state index contributed by atoms with van der Waals surface area (Å²) in [6.45, 7) is 14.6. The zero-order valence-electron chi connectivity index (χ0n) is 21.1. The fraction of sp³-hybridized carbons (Fsp3) is 0.400. The van der Waals surface area contributed by atoms with Crippen LogP contribution in [0.2, 0.25) is 0 Å². The molecule has 3 aromatic rings. The molecule has 0 N–H and O–H groups in total. The van der Waals surface area contributed by atoms with E-state index in [0.29, 0.717) is 0 Å². The highest BCUT2D eigenvalue weighted by molar-refractivity contribution is 7.29. The van der Waals surface area contributed by atoms with Gasteiger partial charge in [-0.2, -0.15) is 0 Å². The molecule has 7 rings (SSSR count). The molecule has 0 atom stereocenters. The minimum absolute atomic E-state index is 0.0279. The third-order valence-electron chi connectivity index (χ3n) is 9.01. The van der Waals surface area contributed by atoms with Crippen LogP contribution in [0.4, 0.5) is 10.0 Å². The van der Waals surface area contributed by atoms with E-state index in [1.54, 1.807) is 33.8 Å². The van der Waals surface area contributed by atoms with Gasteiger partial charge in [-0.05, 0) is 47.9 Å². The minimum Gasteiger partial charge on any atom is -0.351 e. The first-order chi connectivity index (χ1) is 19.1. The van der Waals surface area contributed by atoms with Crippen LogP contribution in [-0.2, 0) is 10.8 Å². The maximum Gasteiger partial charge on any atom is 0.350 e. The smallest absolute Gasteiger partial charge is 0.350 e. The Hall–Kier alpha value is -3.60. The molecule has 2 saturated carbocycles. The number of thiophene rings is 3. The lowest BCUT2D eigenvalue weighted by molar-refractivity contribution is 0.326. The highest BCUT2D eigenvalue weighted by Crippen LogP contribution is 2.71. The Morgan fingerprint density at radius 2 is 1.08 bits per heavy atom. The number of nitriles is 2. The van der Waals surface area contributed by atoms with E-state index in [9.17, 15) is 10.5 Å². The van der Waals surface area contributed by atoms with E-state index in [-0.39, 0.29) is 22.5 Å². The van der Waals surface area contributed by atoms with Gasteiger partial charge in [-0.15, -0.1) is 11.3 Å². The molecule has 0 unspecified atom stereocenters. The van der Waals surface area contributed by atoms with Crippen molar-refractivity contribution in [3.05, 3.63) is 57.2 Å². The molecule has 0 aliphatic heterocycles. The number of rotatable bonds is 2. The third kappa shape index (κ3) is 3.31. The van der Waals surface area contributed by atoms with Crippen LogP contribution in [-0.4, -0.2) is 11.7 Å². The summed E-state index contributed by atoms with van der Waals surface area (Å²) in [5, 5.41) is 20.1. The molecule has 2 spiro atoms. The van der Waals surface area contributed by atoms with Crippen molar-refractivity contribution < 1.29 is 0 Å². The normalized spacial score (nSPS) is 19.9. The van der Waals surface area contributed by atoms with E-state index in [0.717, 1.165) is 35.7 Å². The van der Waals surface area contributed by atoms with Gasteiger partial charge in [0.1, 0.15) is 12.1 Å². The van der Waals surface area contributed by atoms with Gasteiger partial charge in [-0.3, -0.25) is 0 Å². The fourth-order valence-electron chi connectivity index (χ4n) is 7.56. The van der Waals surface area contributed by atoms with Gasteiger partial charge in [0.2, 0.25) is 10.0 Å². The Morgan fingerprint density at radius 3 is 1.44 bits per heavy atom. The Morgan fingerprint density at radius 1 is 0.667 bits per heavy atom. The van der Waals surface area contributed by atoms with Crippen molar-refractivity contribution in [1.29, 1.82) is 10.5 Å². The Kier molecular flexibility index (Phi) is 5.62. The first-order valence-electron chi connectivity index (χ1n) is 13.3. The van der Waals surface area contributed by atoms with E-state index in [1.165, 1.54) is 69.2 Å². The van der Waals surface area contributed by atoms with Crippen LogP contribution < -0.4 is 0 Å². The summed E-state index contributed by atoms with van der Waals surface area (Å²) < 4.78 is 0. The molecule has 0 bridgehead atoms. The lowest BCUT2D eigenvalue weighted by Gasteiger charge is -2.41. The second kappa shape index (κ2) is 8.97. The van der Waals surface area contributed by atoms with Crippen LogP contribution in [0.1, 0.15) is 86.5 Å². The molecular weight excluding hydrogens is 541 g/mol. The van der Waals surface area contributed by atoms with Crippen molar-refractivity contribution in [2.75, 3.05) is 0 Å². The molecule has 190 valence electrons. The third-order valence-corrected chi connectivity index (χ3v) is 12.6. The van der Waals surface area contributed by atoms with Crippen LogP contribution >= 0.6 is 34.0 Å². The summed E-state index contributed by atoms with van der Waals surface area (Å²) >= 11 is 5.14. The van der Waals surface area contributed by atoms with Gasteiger partial charge in [-0.1, -0.05) is 84.3 Å². The lowest BCUT2D eigenvalue weighted by atomic mass is 9.61. The summed E-state index contributed by atoms with van der Waals surface area (Å²) in [4.78, 5) is 20.6. The Labute approximate surface area is 239 Å². The minimum atomic E-state index is -0.116. The molecule has 0 saturated heterocycles. The van der Waals surface area contributed by atoms with Gasteiger partial charge in [0.25, 0.3) is 0 Å². The van der Waals surface area contributed by atoms with E-state index in [4.69, 9.17) is 13.1 Å². The number of fused-ring (bicyclic) bond motifs is 11. The van der Waals surface area contributed by atoms with Gasteiger partial charge < -0.3 is 9.69 Å². The second-order valence-electron chi connectivity index (χ2n) is 10.8. The molecular formula is C30H22N6S3. The maximum absolute atomic E-state index is 9.31. The van der Waals surface area contributed by atoms with Crippen molar-refractivity contribution in [3.8, 4) is 31.6 Å². The summed E-state index contributed by atoms with van der Waals surface area (Å²) in [6, 6.07) is 8.18.